The smallest absolute Gasteiger partial charge is 0.257 e. The van der Waals surface area contributed by atoms with Gasteiger partial charge in [0.25, 0.3) is 5.89 Å². The molecule has 148 valence electrons. The van der Waals surface area contributed by atoms with Crippen molar-refractivity contribution in [3.8, 4) is 10.8 Å². The quantitative estimate of drug-likeness (QED) is 0.409. The van der Waals surface area contributed by atoms with Gasteiger partial charge < -0.3 is 9.32 Å². The Kier molecular flexibility index (Phi) is 7.79. The van der Waals surface area contributed by atoms with E-state index >= 15 is 0 Å². The van der Waals surface area contributed by atoms with Gasteiger partial charge in [-0.05, 0) is 35.6 Å². The topological polar surface area (TPSA) is 59.2 Å². The lowest BCUT2D eigenvalue weighted by Crippen LogP contribution is -2.32. The van der Waals surface area contributed by atoms with Gasteiger partial charge in [0.2, 0.25) is 11.8 Å². The highest BCUT2D eigenvalue weighted by molar-refractivity contribution is 7.99. The van der Waals surface area contributed by atoms with Crippen LogP contribution in [0.2, 0.25) is 10.0 Å². The van der Waals surface area contributed by atoms with Crippen molar-refractivity contribution in [2.45, 2.75) is 25.6 Å². The molecule has 0 N–H and O–H groups in total. The van der Waals surface area contributed by atoms with Crippen molar-refractivity contribution < 1.29 is 9.21 Å². The Bertz CT molecular complexity index is 896. The molecule has 2 aromatic heterocycles. The van der Waals surface area contributed by atoms with E-state index in [1.54, 1.807) is 17.0 Å². The predicted molar refractivity (Wildman–Crippen MR) is 116 cm³/mol. The molecule has 0 saturated carbocycles. The number of carbonyl (C=O) groups is 1. The summed E-state index contributed by atoms with van der Waals surface area (Å²) < 4.78 is 5.71. The number of halogens is 2. The van der Waals surface area contributed by atoms with E-state index in [0.717, 1.165) is 16.9 Å². The monoisotopic (exact) mass is 455 g/mol. The Morgan fingerprint density at radius 1 is 1.21 bits per heavy atom. The van der Waals surface area contributed by atoms with E-state index in [4.69, 9.17) is 27.6 Å². The average molecular weight is 456 g/mol. The van der Waals surface area contributed by atoms with Crippen LogP contribution in [0.25, 0.3) is 10.8 Å². The summed E-state index contributed by atoms with van der Waals surface area (Å²) in [6.45, 7) is 2.96. The van der Waals surface area contributed by atoms with Gasteiger partial charge in [0.15, 0.2) is 0 Å². The number of carbonyl (C=O) groups excluding carboxylic acids is 1. The molecule has 0 spiro atoms. The average Bonchev–Trinajstić information content (AvgIpc) is 3.35. The number of thiophene rings is 1. The zero-order valence-corrected chi connectivity index (χ0v) is 18.4. The third-order valence-corrected chi connectivity index (χ3v) is 6.41. The second-order valence-electron chi connectivity index (χ2n) is 5.99. The Morgan fingerprint density at radius 3 is 2.68 bits per heavy atom. The Labute approximate surface area is 182 Å². The summed E-state index contributed by atoms with van der Waals surface area (Å²) in [4.78, 5) is 15.3. The molecule has 0 atom stereocenters. The van der Waals surface area contributed by atoms with Crippen molar-refractivity contribution in [3.63, 3.8) is 0 Å². The molecule has 2 heterocycles. The molecular formula is C19H19Cl2N3O2S2. The third-order valence-electron chi connectivity index (χ3n) is 3.90. The molecular weight excluding hydrogens is 437 g/mol. The molecule has 0 radical (unpaired) electrons. The third kappa shape index (κ3) is 5.50. The zero-order chi connectivity index (χ0) is 19.9. The van der Waals surface area contributed by atoms with Crippen LogP contribution in [-0.4, -0.2) is 33.3 Å². The van der Waals surface area contributed by atoms with E-state index in [0.29, 0.717) is 46.4 Å². The number of thioether (sulfide) groups is 1. The van der Waals surface area contributed by atoms with E-state index in [-0.39, 0.29) is 5.91 Å². The largest absolute Gasteiger partial charge is 0.418 e. The van der Waals surface area contributed by atoms with Gasteiger partial charge in [-0.2, -0.15) is 0 Å². The first kappa shape index (κ1) is 21.2. The Morgan fingerprint density at radius 2 is 2.00 bits per heavy atom. The summed E-state index contributed by atoms with van der Waals surface area (Å²) in [5.74, 6) is 1.84. The molecule has 0 saturated heterocycles. The van der Waals surface area contributed by atoms with Crippen molar-refractivity contribution >= 4 is 52.2 Å². The fraction of sp³-hybridized carbons (Fsp3) is 0.316. The molecule has 28 heavy (non-hydrogen) atoms. The first-order valence-corrected chi connectivity index (χ1v) is 11.5. The maximum absolute atomic E-state index is 12.7. The molecule has 0 aliphatic carbocycles. The van der Waals surface area contributed by atoms with Gasteiger partial charge >= 0.3 is 0 Å². The van der Waals surface area contributed by atoms with Gasteiger partial charge in [-0.25, -0.2) is 0 Å². The summed E-state index contributed by atoms with van der Waals surface area (Å²) in [7, 11) is 0. The molecule has 5 nitrogen and oxygen atoms in total. The molecule has 3 rings (SSSR count). The van der Waals surface area contributed by atoms with Crippen LogP contribution in [0.15, 0.2) is 40.1 Å². The molecule has 0 aliphatic heterocycles. The lowest BCUT2D eigenvalue weighted by atomic mass is 10.2. The van der Waals surface area contributed by atoms with Crippen molar-refractivity contribution in [1.82, 2.24) is 15.1 Å². The first-order chi connectivity index (χ1) is 13.6. The van der Waals surface area contributed by atoms with Crippen LogP contribution in [0.4, 0.5) is 0 Å². The van der Waals surface area contributed by atoms with Crippen LogP contribution in [0.5, 0.6) is 0 Å². The van der Waals surface area contributed by atoms with E-state index < -0.39 is 0 Å². The molecule has 0 unspecified atom stereocenters. The number of nitrogens with zero attached hydrogens (tertiary/aromatic N) is 3. The normalized spacial score (nSPS) is 11.0. The maximum atomic E-state index is 12.7. The molecule has 1 aromatic carbocycles. The van der Waals surface area contributed by atoms with Gasteiger partial charge in [-0.15, -0.1) is 33.3 Å². The number of hydrogen-bond donors (Lipinski definition) is 0. The van der Waals surface area contributed by atoms with Crippen LogP contribution in [0.1, 0.15) is 24.8 Å². The van der Waals surface area contributed by atoms with Crippen molar-refractivity contribution in [1.29, 1.82) is 0 Å². The summed E-state index contributed by atoms with van der Waals surface area (Å²) in [5.41, 5.74) is 0.850. The number of hydrogen-bond acceptors (Lipinski definition) is 6. The molecule has 9 heteroatoms. The van der Waals surface area contributed by atoms with Crippen molar-refractivity contribution in [3.05, 3.63) is 57.2 Å². The SMILES string of the molecule is CCCN(Cc1nnc(-c2cccs2)o1)C(=O)CSCc1c(Cl)cccc1Cl. The molecule has 0 fully saturated rings. The van der Waals surface area contributed by atoms with Gasteiger partial charge in [-0.1, -0.05) is 42.3 Å². The number of rotatable bonds is 9. The number of amides is 1. The van der Waals surface area contributed by atoms with Crippen LogP contribution in [-0.2, 0) is 17.1 Å². The lowest BCUT2D eigenvalue weighted by Gasteiger charge is -2.20. The molecule has 0 aliphatic rings. The van der Waals surface area contributed by atoms with Crippen LogP contribution in [0.3, 0.4) is 0 Å². The molecule has 3 aromatic rings. The summed E-state index contributed by atoms with van der Waals surface area (Å²) in [6.07, 6.45) is 0.846. The van der Waals surface area contributed by atoms with Crippen LogP contribution in [0, 0.1) is 0 Å². The van der Waals surface area contributed by atoms with Gasteiger partial charge in [0.05, 0.1) is 17.2 Å². The minimum Gasteiger partial charge on any atom is -0.418 e. The number of aromatic nitrogens is 2. The highest BCUT2D eigenvalue weighted by Gasteiger charge is 2.18. The highest BCUT2D eigenvalue weighted by atomic mass is 35.5. The fourth-order valence-corrected chi connectivity index (χ4v) is 4.85. The number of benzene rings is 1. The van der Waals surface area contributed by atoms with E-state index in [1.807, 2.05) is 30.5 Å². The predicted octanol–water partition coefficient (Wildman–Crippen LogP) is 5.78. The highest BCUT2D eigenvalue weighted by Crippen LogP contribution is 2.28. The van der Waals surface area contributed by atoms with Crippen LogP contribution >= 0.6 is 46.3 Å². The second kappa shape index (κ2) is 10.3. The fourth-order valence-electron chi connectivity index (χ4n) is 2.54. The van der Waals surface area contributed by atoms with Crippen LogP contribution < -0.4 is 0 Å². The van der Waals surface area contributed by atoms with Crippen molar-refractivity contribution in [2.24, 2.45) is 0 Å². The minimum absolute atomic E-state index is 0.0194. The lowest BCUT2D eigenvalue weighted by molar-refractivity contribution is -0.129. The molecule has 1 amide bonds. The van der Waals surface area contributed by atoms with Gasteiger partial charge in [-0.3, -0.25) is 4.79 Å². The first-order valence-electron chi connectivity index (χ1n) is 8.73. The van der Waals surface area contributed by atoms with E-state index in [2.05, 4.69) is 10.2 Å². The summed E-state index contributed by atoms with van der Waals surface area (Å²) in [6, 6.07) is 9.26. The minimum atomic E-state index is 0.0194. The van der Waals surface area contributed by atoms with Gasteiger partial charge in [0, 0.05) is 22.3 Å². The second-order valence-corrected chi connectivity index (χ2v) is 8.73. The molecule has 0 bridgehead atoms. The van der Waals surface area contributed by atoms with Crippen molar-refractivity contribution in [2.75, 3.05) is 12.3 Å². The van der Waals surface area contributed by atoms with Gasteiger partial charge in [0.1, 0.15) is 0 Å². The van der Waals surface area contributed by atoms with E-state index in [1.165, 1.54) is 23.1 Å². The maximum Gasteiger partial charge on any atom is 0.257 e. The summed E-state index contributed by atoms with van der Waals surface area (Å²) >= 11 is 15.4. The summed E-state index contributed by atoms with van der Waals surface area (Å²) in [5, 5.41) is 11.3. The van der Waals surface area contributed by atoms with E-state index in [9.17, 15) is 4.79 Å². The standard InChI is InChI=1S/C19H19Cl2N3O2S2/c1-2-8-24(10-17-22-23-19(26-17)16-7-4-9-28-16)18(25)12-27-11-13-14(20)5-3-6-15(13)21/h3-7,9H,2,8,10-12H2,1H3. The Hall–Kier alpha value is -1.54. The zero-order valence-electron chi connectivity index (χ0n) is 15.2. The Balaban J connectivity index is 1.58.